The number of anilines is 3. The first-order valence-corrected chi connectivity index (χ1v) is 11.2. The van der Waals surface area contributed by atoms with Crippen LogP contribution in [0, 0.1) is 0 Å². The molecule has 1 aliphatic heterocycles. The van der Waals surface area contributed by atoms with Gasteiger partial charge in [0.05, 0.1) is 18.7 Å². The van der Waals surface area contributed by atoms with Crippen LogP contribution >= 0.6 is 0 Å². The second-order valence-corrected chi connectivity index (χ2v) is 8.08. The molecule has 1 fully saturated rings. The van der Waals surface area contributed by atoms with E-state index in [1.54, 1.807) is 6.33 Å². The lowest BCUT2D eigenvalue weighted by Crippen LogP contribution is -2.36. The standard InChI is InChI=1S/C26H25N5O3/c32-26(33)27-16-18-2-1-3-19(14-18)20-4-9-24-23(15-20)25(29-17-28-24)30-21-5-7-22(8-6-21)31-10-12-34-13-11-31/h1-9,14-15,17,27H,10-13,16H2,(H,32,33)(H,28,29,30). The molecular formula is C26H25N5O3. The van der Waals surface area contributed by atoms with Crippen LogP contribution < -0.4 is 15.5 Å². The summed E-state index contributed by atoms with van der Waals surface area (Å²) in [5.41, 5.74) is 5.87. The van der Waals surface area contributed by atoms with Gasteiger partial charge in [0.25, 0.3) is 0 Å². The van der Waals surface area contributed by atoms with E-state index in [4.69, 9.17) is 9.84 Å². The number of fused-ring (bicyclic) bond motifs is 1. The highest BCUT2D eigenvalue weighted by molar-refractivity contribution is 5.94. The van der Waals surface area contributed by atoms with Crippen LogP contribution in [0.2, 0.25) is 0 Å². The zero-order valence-corrected chi connectivity index (χ0v) is 18.6. The molecule has 0 spiro atoms. The molecule has 0 bridgehead atoms. The van der Waals surface area contributed by atoms with E-state index in [1.165, 1.54) is 5.69 Å². The lowest BCUT2D eigenvalue weighted by molar-refractivity contribution is 0.122. The normalized spacial score (nSPS) is 13.6. The van der Waals surface area contributed by atoms with Gasteiger partial charge in [-0.15, -0.1) is 0 Å². The summed E-state index contributed by atoms with van der Waals surface area (Å²) in [6.45, 7) is 3.58. The molecule has 5 rings (SSSR count). The van der Waals surface area contributed by atoms with Crippen molar-refractivity contribution >= 4 is 34.2 Å². The van der Waals surface area contributed by atoms with Gasteiger partial charge >= 0.3 is 6.09 Å². The van der Waals surface area contributed by atoms with Crippen LogP contribution in [0.5, 0.6) is 0 Å². The van der Waals surface area contributed by atoms with Crippen LogP contribution in [0.4, 0.5) is 22.0 Å². The Labute approximate surface area is 197 Å². The Morgan fingerprint density at radius 2 is 1.76 bits per heavy atom. The van der Waals surface area contributed by atoms with Crippen molar-refractivity contribution in [2.24, 2.45) is 0 Å². The topological polar surface area (TPSA) is 99.6 Å². The van der Waals surface area contributed by atoms with Gasteiger partial charge in [-0.3, -0.25) is 0 Å². The number of rotatable bonds is 6. The maximum atomic E-state index is 10.8. The Kier molecular flexibility index (Phi) is 6.22. The molecule has 8 nitrogen and oxygen atoms in total. The molecule has 34 heavy (non-hydrogen) atoms. The van der Waals surface area contributed by atoms with E-state index in [0.717, 1.165) is 65.4 Å². The molecule has 3 N–H and O–H groups in total. The lowest BCUT2D eigenvalue weighted by atomic mass is 10.0. The van der Waals surface area contributed by atoms with Crippen LogP contribution in [-0.4, -0.2) is 47.5 Å². The molecule has 0 atom stereocenters. The van der Waals surface area contributed by atoms with Crippen LogP contribution in [0.1, 0.15) is 5.56 Å². The highest BCUT2D eigenvalue weighted by Crippen LogP contribution is 2.29. The van der Waals surface area contributed by atoms with Crippen LogP contribution in [-0.2, 0) is 11.3 Å². The van der Waals surface area contributed by atoms with Gasteiger partial charge < -0.3 is 25.4 Å². The second kappa shape index (κ2) is 9.76. The number of hydrogen-bond donors (Lipinski definition) is 3. The molecule has 172 valence electrons. The molecule has 1 amide bonds. The quantitative estimate of drug-likeness (QED) is 0.389. The molecule has 0 saturated carbocycles. The Hall–Kier alpha value is -4.17. The number of nitrogens with one attached hydrogen (secondary N) is 2. The summed E-state index contributed by atoms with van der Waals surface area (Å²) < 4.78 is 5.44. The molecule has 1 aromatic heterocycles. The third-order valence-corrected chi connectivity index (χ3v) is 5.85. The van der Waals surface area contributed by atoms with Crippen LogP contribution in [0.25, 0.3) is 22.0 Å². The van der Waals surface area contributed by atoms with Gasteiger partial charge in [-0.25, -0.2) is 14.8 Å². The van der Waals surface area contributed by atoms with Gasteiger partial charge in [-0.2, -0.15) is 0 Å². The Morgan fingerprint density at radius 1 is 0.971 bits per heavy atom. The summed E-state index contributed by atoms with van der Waals surface area (Å²) in [6.07, 6.45) is 0.520. The maximum absolute atomic E-state index is 10.8. The Balaban J connectivity index is 1.40. The van der Waals surface area contributed by atoms with Crippen molar-refractivity contribution in [3.63, 3.8) is 0 Å². The van der Waals surface area contributed by atoms with Crippen molar-refractivity contribution in [2.45, 2.75) is 6.54 Å². The number of benzene rings is 3. The van der Waals surface area contributed by atoms with E-state index in [-0.39, 0.29) is 6.54 Å². The fourth-order valence-corrected chi connectivity index (χ4v) is 4.09. The van der Waals surface area contributed by atoms with E-state index in [0.29, 0.717) is 0 Å². The lowest BCUT2D eigenvalue weighted by Gasteiger charge is -2.28. The van der Waals surface area contributed by atoms with Gasteiger partial charge in [0.1, 0.15) is 12.1 Å². The summed E-state index contributed by atoms with van der Waals surface area (Å²) >= 11 is 0. The zero-order chi connectivity index (χ0) is 23.3. The Morgan fingerprint density at radius 3 is 2.56 bits per heavy atom. The van der Waals surface area contributed by atoms with Crippen molar-refractivity contribution in [3.05, 3.63) is 78.6 Å². The number of amides is 1. The molecule has 4 aromatic rings. The van der Waals surface area contributed by atoms with Crippen molar-refractivity contribution in [1.82, 2.24) is 15.3 Å². The first-order valence-electron chi connectivity index (χ1n) is 11.2. The highest BCUT2D eigenvalue weighted by Gasteiger charge is 2.12. The first-order chi connectivity index (χ1) is 16.7. The molecule has 1 aliphatic rings. The number of hydrogen-bond acceptors (Lipinski definition) is 6. The minimum absolute atomic E-state index is 0.257. The van der Waals surface area contributed by atoms with E-state index in [9.17, 15) is 4.79 Å². The largest absolute Gasteiger partial charge is 0.465 e. The molecule has 1 saturated heterocycles. The van der Waals surface area contributed by atoms with Gasteiger partial charge in [0.15, 0.2) is 0 Å². The van der Waals surface area contributed by atoms with Gasteiger partial charge in [0, 0.05) is 36.4 Å². The Bertz CT molecular complexity index is 1300. The predicted octanol–water partition coefficient (Wildman–Crippen LogP) is 4.64. The van der Waals surface area contributed by atoms with Crippen molar-refractivity contribution in [3.8, 4) is 11.1 Å². The molecule has 0 aliphatic carbocycles. The average molecular weight is 456 g/mol. The summed E-state index contributed by atoms with van der Waals surface area (Å²) in [5.74, 6) is 0.731. The number of morpholine rings is 1. The van der Waals surface area contributed by atoms with E-state index >= 15 is 0 Å². The summed E-state index contributed by atoms with van der Waals surface area (Å²) in [5, 5.41) is 15.6. The molecule has 2 heterocycles. The SMILES string of the molecule is O=C(O)NCc1cccc(-c2ccc3ncnc(Nc4ccc(N5CCOCC5)cc4)c3c2)c1. The van der Waals surface area contributed by atoms with E-state index in [1.807, 2.05) is 36.4 Å². The smallest absolute Gasteiger partial charge is 0.404 e. The van der Waals surface area contributed by atoms with Crippen molar-refractivity contribution in [2.75, 3.05) is 36.5 Å². The van der Waals surface area contributed by atoms with Gasteiger partial charge in [0.2, 0.25) is 0 Å². The molecule has 0 unspecified atom stereocenters. The molecule has 0 radical (unpaired) electrons. The summed E-state index contributed by atoms with van der Waals surface area (Å²) in [7, 11) is 0. The molecular weight excluding hydrogens is 430 g/mol. The molecule has 3 aromatic carbocycles. The minimum atomic E-state index is -1.04. The summed E-state index contributed by atoms with van der Waals surface area (Å²) in [6, 6.07) is 22.2. The predicted molar refractivity (Wildman–Crippen MR) is 133 cm³/mol. The van der Waals surface area contributed by atoms with Crippen LogP contribution in [0.3, 0.4) is 0 Å². The average Bonchev–Trinajstić information content (AvgIpc) is 2.88. The van der Waals surface area contributed by atoms with Gasteiger partial charge in [-0.1, -0.05) is 24.3 Å². The fraction of sp³-hybridized carbons (Fsp3) is 0.192. The highest BCUT2D eigenvalue weighted by atomic mass is 16.5. The minimum Gasteiger partial charge on any atom is -0.465 e. The maximum Gasteiger partial charge on any atom is 0.404 e. The fourth-order valence-electron chi connectivity index (χ4n) is 4.09. The van der Waals surface area contributed by atoms with Gasteiger partial charge in [-0.05, 0) is 59.2 Å². The number of carbonyl (C=O) groups is 1. The number of ether oxygens (including phenoxy) is 1. The number of carboxylic acid groups (broad SMARTS) is 1. The van der Waals surface area contributed by atoms with E-state index in [2.05, 4.69) is 55.8 Å². The third kappa shape index (κ3) is 4.92. The van der Waals surface area contributed by atoms with Crippen molar-refractivity contribution in [1.29, 1.82) is 0 Å². The summed E-state index contributed by atoms with van der Waals surface area (Å²) in [4.78, 5) is 22.0. The van der Waals surface area contributed by atoms with Crippen LogP contribution in [0.15, 0.2) is 73.1 Å². The second-order valence-electron chi connectivity index (χ2n) is 8.08. The monoisotopic (exact) mass is 455 g/mol. The zero-order valence-electron chi connectivity index (χ0n) is 18.6. The molecule has 8 heteroatoms. The number of aromatic nitrogens is 2. The van der Waals surface area contributed by atoms with E-state index < -0.39 is 6.09 Å². The first kappa shape index (κ1) is 21.7. The third-order valence-electron chi connectivity index (χ3n) is 5.85. The number of nitrogens with zero attached hydrogens (tertiary/aromatic N) is 3. The van der Waals surface area contributed by atoms with Crippen molar-refractivity contribution < 1.29 is 14.6 Å².